The zero-order chi connectivity index (χ0) is 15.1. The summed E-state index contributed by atoms with van der Waals surface area (Å²) in [5.74, 6) is 0.292. The van der Waals surface area contributed by atoms with Crippen LogP contribution in [0.3, 0.4) is 0 Å². The fraction of sp³-hybridized carbons (Fsp3) is 0.750. The van der Waals surface area contributed by atoms with Crippen LogP contribution in [0.2, 0.25) is 0 Å². The normalized spacial score (nSPS) is 23.7. The van der Waals surface area contributed by atoms with Crippen LogP contribution >= 0.6 is 0 Å². The van der Waals surface area contributed by atoms with Crippen LogP contribution in [0.25, 0.3) is 0 Å². The van der Waals surface area contributed by atoms with Gasteiger partial charge in [0.25, 0.3) is 0 Å². The summed E-state index contributed by atoms with van der Waals surface area (Å²) in [6, 6.07) is 0.175. The minimum Gasteiger partial charge on any atom is -0.393 e. The summed E-state index contributed by atoms with van der Waals surface area (Å²) < 4.78 is 2.01. The van der Waals surface area contributed by atoms with Gasteiger partial charge in [-0.05, 0) is 19.3 Å². The molecule has 1 saturated carbocycles. The first-order valence-corrected chi connectivity index (χ1v) is 8.13. The highest BCUT2D eigenvalue weighted by Gasteiger charge is 2.23. The van der Waals surface area contributed by atoms with Gasteiger partial charge in [-0.15, -0.1) is 0 Å². The predicted octanol–water partition coefficient (Wildman–Crippen LogP) is 2.28. The molecule has 5 nitrogen and oxygen atoms in total. The number of imidazole rings is 1. The lowest BCUT2D eigenvalue weighted by Crippen LogP contribution is -2.37. The number of hydrogen-bond acceptors (Lipinski definition) is 3. The van der Waals surface area contributed by atoms with Gasteiger partial charge >= 0.3 is 0 Å². The molecule has 2 rings (SSSR count). The van der Waals surface area contributed by atoms with Crippen LogP contribution in [0, 0.1) is 5.92 Å². The Hall–Kier alpha value is -1.36. The maximum Gasteiger partial charge on any atom is 0.222 e. The molecule has 0 saturated heterocycles. The van der Waals surface area contributed by atoms with E-state index in [1.54, 1.807) is 12.5 Å². The molecule has 1 aromatic rings. The fourth-order valence-corrected chi connectivity index (χ4v) is 3.13. The van der Waals surface area contributed by atoms with Crippen LogP contribution in [-0.4, -0.2) is 33.2 Å². The van der Waals surface area contributed by atoms with Crippen LogP contribution in [0.15, 0.2) is 18.7 Å². The van der Waals surface area contributed by atoms with Crippen molar-refractivity contribution in [2.75, 3.05) is 6.54 Å². The van der Waals surface area contributed by atoms with E-state index in [4.69, 9.17) is 0 Å². The summed E-state index contributed by atoms with van der Waals surface area (Å²) in [6.45, 7) is 2.73. The highest BCUT2D eigenvalue weighted by Crippen LogP contribution is 2.24. The van der Waals surface area contributed by atoms with E-state index < -0.39 is 0 Å². The van der Waals surface area contributed by atoms with Crippen LogP contribution in [0.5, 0.6) is 0 Å². The van der Waals surface area contributed by atoms with Crippen molar-refractivity contribution in [1.82, 2.24) is 14.9 Å². The third-order valence-electron chi connectivity index (χ3n) is 4.42. The highest BCUT2D eigenvalue weighted by atomic mass is 16.3. The van der Waals surface area contributed by atoms with Crippen molar-refractivity contribution in [2.45, 2.75) is 64.0 Å². The van der Waals surface area contributed by atoms with Gasteiger partial charge in [0.05, 0.1) is 12.4 Å². The Labute approximate surface area is 126 Å². The molecular weight excluding hydrogens is 266 g/mol. The summed E-state index contributed by atoms with van der Waals surface area (Å²) in [5.41, 5.74) is 0. The smallest absolute Gasteiger partial charge is 0.222 e. The second-order valence-corrected chi connectivity index (χ2v) is 6.07. The molecule has 118 valence electrons. The zero-order valence-electron chi connectivity index (χ0n) is 12.9. The van der Waals surface area contributed by atoms with E-state index in [1.807, 2.05) is 10.8 Å². The van der Waals surface area contributed by atoms with Gasteiger partial charge in [-0.2, -0.15) is 0 Å². The fourth-order valence-electron chi connectivity index (χ4n) is 3.13. The van der Waals surface area contributed by atoms with E-state index in [1.165, 1.54) is 0 Å². The minimum atomic E-state index is -0.251. The summed E-state index contributed by atoms with van der Waals surface area (Å²) in [5, 5.41) is 12.9. The molecule has 3 unspecified atom stereocenters. The monoisotopic (exact) mass is 293 g/mol. The van der Waals surface area contributed by atoms with Crippen LogP contribution in [-0.2, 0) is 4.79 Å². The van der Waals surface area contributed by atoms with E-state index in [0.717, 1.165) is 38.5 Å². The molecule has 3 atom stereocenters. The van der Waals surface area contributed by atoms with E-state index in [-0.39, 0.29) is 24.0 Å². The van der Waals surface area contributed by atoms with Gasteiger partial charge in [0.15, 0.2) is 0 Å². The number of nitrogens with zero attached hydrogens (tertiary/aromatic N) is 2. The Balaban J connectivity index is 1.79. The lowest BCUT2D eigenvalue weighted by molar-refractivity contribution is -0.122. The van der Waals surface area contributed by atoms with Crippen molar-refractivity contribution in [2.24, 2.45) is 5.92 Å². The number of nitrogens with one attached hydrogen (secondary N) is 1. The van der Waals surface area contributed by atoms with Crippen LogP contribution in [0.1, 0.15) is 57.9 Å². The zero-order valence-corrected chi connectivity index (χ0v) is 12.9. The molecule has 1 aliphatic carbocycles. The lowest BCUT2D eigenvalue weighted by Gasteiger charge is -2.28. The Morgan fingerprint density at radius 1 is 1.48 bits per heavy atom. The molecule has 0 radical (unpaired) electrons. The summed E-state index contributed by atoms with van der Waals surface area (Å²) in [4.78, 5) is 16.2. The minimum absolute atomic E-state index is 0.0694. The number of aromatic nitrogens is 2. The van der Waals surface area contributed by atoms with Crippen molar-refractivity contribution in [3.05, 3.63) is 18.7 Å². The van der Waals surface area contributed by atoms with Gasteiger partial charge in [0.1, 0.15) is 0 Å². The summed E-state index contributed by atoms with van der Waals surface area (Å²) in [6.07, 6.45) is 11.8. The number of hydrogen-bond donors (Lipinski definition) is 2. The highest BCUT2D eigenvalue weighted by molar-refractivity contribution is 5.76. The molecule has 21 heavy (non-hydrogen) atoms. The third kappa shape index (κ3) is 4.84. The summed E-state index contributed by atoms with van der Waals surface area (Å²) >= 11 is 0. The molecule has 0 spiro atoms. The molecule has 2 N–H and O–H groups in total. The molecule has 0 bridgehead atoms. The predicted molar refractivity (Wildman–Crippen MR) is 81.8 cm³/mol. The van der Waals surface area contributed by atoms with Gasteiger partial charge in [0.2, 0.25) is 5.91 Å². The Bertz CT molecular complexity index is 419. The number of aliphatic hydroxyl groups is 1. The average Bonchev–Trinajstić information content (AvgIpc) is 3.00. The van der Waals surface area contributed by atoms with E-state index in [2.05, 4.69) is 17.2 Å². The SMILES string of the molecule is CCCC(CC(=O)NCC1CCCCC1O)n1ccnc1. The molecule has 1 aromatic heterocycles. The van der Waals surface area contributed by atoms with Crippen molar-refractivity contribution >= 4 is 5.91 Å². The van der Waals surface area contributed by atoms with Gasteiger partial charge in [0, 0.05) is 37.3 Å². The second-order valence-electron chi connectivity index (χ2n) is 6.07. The molecule has 1 aliphatic rings. The Morgan fingerprint density at radius 2 is 2.29 bits per heavy atom. The third-order valence-corrected chi connectivity index (χ3v) is 4.42. The first kappa shape index (κ1) is 16.0. The van der Waals surface area contributed by atoms with Gasteiger partial charge < -0.3 is 15.0 Å². The van der Waals surface area contributed by atoms with Gasteiger partial charge in [-0.3, -0.25) is 4.79 Å². The lowest BCUT2D eigenvalue weighted by atomic mass is 9.86. The second kappa shape index (κ2) is 8.17. The molecule has 5 heteroatoms. The van der Waals surface area contributed by atoms with Crippen LogP contribution in [0.4, 0.5) is 0 Å². The number of rotatable bonds is 7. The number of carbonyl (C=O) groups excluding carboxylic acids is 1. The first-order valence-electron chi connectivity index (χ1n) is 8.13. The largest absolute Gasteiger partial charge is 0.393 e. The average molecular weight is 293 g/mol. The van der Waals surface area contributed by atoms with Gasteiger partial charge in [-0.1, -0.05) is 26.2 Å². The maximum absolute atomic E-state index is 12.1. The maximum atomic E-state index is 12.1. The van der Waals surface area contributed by atoms with E-state index in [9.17, 15) is 9.90 Å². The molecule has 1 amide bonds. The number of carbonyl (C=O) groups is 1. The van der Waals surface area contributed by atoms with E-state index in [0.29, 0.717) is 13.0 Å². The number of aliphatic hydroxyl groups excluding tert-OH is 1. The van der Waals surface area contributed by atoms with E-state index >= 15 is 0 Å². The molecule has 1 heterocycles. The molecule has 1 fully saturated rings. The van der Waals surface area contributed by atoms with Crippen molar-refractivity contribution in [1.29, 1.82) is 0 Å². The quantitative estimate of drug-likeness (QED) is 0.810. The van der Waals surface area contributed by atoms with Crippen molar-refractivity contribution in [3.8, 4) is 0 Å². The molecule has 0 aromatic carbocycles. The Morgan fingerprint density at radius 3 is 2.95 bits per heavy atom. The molecule has 0 aliphatic heterocycles. The molecular formula is C16H27N3O2. The van der Waals surface area contributed by atoms with Gasteiger partial charge in [-0.25, -0.2) is 4.98 Å². The van der Waals surface area contributed by atoms with Crippen LogP contribution < -0.4 is 5.32 Å². The van der Waals surface area contributed by atoms with Crippen molar-refractivity contribution < 1.29 is 9.90 Å². The standard InChI is InChI=1S/C16H27N3O2/c1-2-5-14(19-9-8-17-12-19)10-16(21)18-11-13-6-3-4-7-15(13)20/h8-9,12-15,20H,2-7,10-11H2,1H3,(H,18,21). The Kier molecular flexibility index (Phi) is 6.23. The number of amides is 1. The van der Waals surface area contributed by atoms with Crippen molar-refractivity contribution in [3.63, 3.8) is 0 Å². The topological polar surface area (TPSA) is 67.2 Å². The summed E-state index contributed by atoms with van der Waals surface area (Å²) in [7, 11) is 0. The first-order chi connectivity index (χ1) is 10.2.